The van der Waals surface area contributed by atoms with Crippen LogP contribution in [-0.4, -0.2) is 21.0 Å². The number of H-pyrrole nitrogens is 1. The Morgan fingerprint density at radius 2 is 1.74 bits per heavy atom. The number of hydrogen-bond donors (Lipinski definition) is 2. The molecule has 0 aliphatic rings. The number of nitrogens with one attached hydrogen (secondary N) is 1. The van der Waals surface area contributed by atoms with Crippen molar-refractivity contribution in [3.8, 4) is 33.6 Å². The van der Waals surface area contributed by atoms with Gasteiger partial charge < -0.3 is 10.2 Å². The molecule has 3 N–H and O–H groups in total. The van der Waals surface area contributed by atoms with Crippen molar-refractivity contribution in [1.29, 1.82) is 0 Å². The summed E-state index contributed by atoms with van der Waals surface area (Å²) in [6, 6.07) is 16.8. The van der Waals surface area contributed by atoms with E-state index in [9.17, 15) is 4.79 Å². The molecular formula is C26H20Cl2N4O2. The number of anilines is 1. The Kier molecular flexibility index (Phi) is 5.63. The highest BCUT2D eigenvalue weighted by Gasteiger charge is 2.24. The number of rotatable bonds is 5. The first kappa shape index (κ1) is 22.2. The zero-order valence-electron chi connectivity index (χ0n) is 18.4. The normalized spacial score (nSPS) is 11.4. The van der Waals surface area contributed by atoms with Crippen molar-refractivity contribution in [2.45, 2.75) is 13.8 Å². The summed E-state index contributed by atoms with van der Waals surface area (Å²) in [6.45, 7) is 3.60. The van der Waals surface area contributed by atoms with Crippen LogP contribution in [-0.2, 0) is 0 Å². The summed E-state index contributed by atoms with van der Waals surface area (Å²) in [7, 11) is 0. The van der Waals surface area contributed by atoms with Gasteiger partial charge in [0.15, 0.2) is 5.76 Å². The fourth-order valence-electron chi connectivity index (χ4n) is 3.83. The number of nitrogens with two attached hydrogens (primary N) is 1. The summed E-state index contributed by atoms with van der Waals surface area (Å²) in [6.07, 6.45) is 1.75. The van der Waals surface area contributed by atoms with E-state index in [0.29, 0.717) is 26.7 Å². The molecule has 0 saturated carbocycles. The Bertz CT molecular complexity index is 1520. The van der Waals surface area contributed by atoms with Crippen LogP contribution in [0.25, 0.3) is 44.7 Å². The highest BCUT2D eigenvalue weighted by atomic mass is 35.5. The van der Waals surface area contributed by atoms with Crippen LogP contribution >= 0.6 is 23.2 Å². The number of nitrogens with zero attached hydrogens (tertiary/aromatic N) is 2. The molecule has 3 heterocycles. The highest BCUT2D eigenvalue weighted by Crippen LogP contribution is 2.41. The van der Waals surface area contributed by atoms with Gasteiger partial charge in [0.25, 0.3) is 0 Å². The van der Waals surface area contributed by atoms with Gasteiger partial charge in [0, 0.05) is 33.8 Å². The van der Waals surface area contributed by atoms with Gasteiger partial charge in [0.1, 0.15) is 0 Å². The van der Waals surface area contributed by atoms with Gasteiger partial charge in [-0.05, 0) is 35.9 Å². The van der Waals surface area contributed by atoms with Crippen LogP contribution in [0.3, 0.4) is 0 Å². The van der Waals surface area contributed by atoms with Gasteiger partial charge in [-0.2, -0.15) is 5.10 Å². The number of pyridine rings is 1. The molecule has 34 heavy (non-hydrogen) atoms. The SMILES string of the molecule is CC(C)C(=O)c1oc2nc(-c3ccc(-c4cc[nH]n4)cc3Cl)c(-c3ccc(Cl)cc3)cc2c1N. The average Bonchev–Trinajstić information content (AvgIpc) is 3.47. The molecule has 5 aromatic rings. The monoisotopic (exact) mass is 490 g/mol. The molecule has 0 radical (unpaired) electrons. The Morgan fingerprint density at radius 3 is 2.38 bits per heavy atom. The first-order valence-electron chi connectivity index (χ1n) is 10.7. The molecule has 0 bridgehead atoms. The van der Waals surface area contributed by atoms with Crippen molar-refractivity contribution in [2.75, 3.05) is 5.73 Å². The molecular weight excluding hydrogens is 471 g/mol. The molecule has 0 aliphatic carbocycles. The number of ketones is 1. The highest BCUT2D eigenvalue weighted by molar-refractivity contribution is 6.34. The number of carbonyl (C=O) groups is 1. The maximum absolute atomic E-state index is 12.6. The van der Waals surface area contributed by atoms with Crippen molar-refractivity contribution in [3.63, 3.8) is 0 Å². The Balaban J connectivity index is 1.75. The summed E-state index contributed by atoms with van der Waals surface area (Å²) < 4.78 is 5.85. The van der Waals surface area contributed by atoms with Crippen LogP contribution in [0, 0.1) is 5.92 Å². The number of fused-ring (bicyclic) bond motifs is 1. The van der Waals surface area contributed by atoms with E-state index in [1.807, 2.05) is 42.5 Å². The lowest BCUT2D eigenvalue weighted by molar-refractivity contribution is 0.0914. The van der Waals surface area contributed by atoms with E-state index in [1.165, 1.54) is 0 Å². The summed E-state index contributed by atoms with van der Waals surface area (Å²) in [5.41, 5.74) is 11.5. The van der Waals surface area contributed by atoms with Crippen molar-refractivity contribution in [2.24, 2.45) is 5.92 Å². The molecule has 2 aromatic carbocycles. The Hall–Kier alpha value is -3.61. The van der Waals surface area contributed by atoms with E-state index >= 15 is 0 Å². The van der Waals surface area contributed by atoms with Crippen molar-refractivity contribution >= 4 is 45.8 Å². The number of aromatic amines is 1. The van der Waals surface area contributed by atoms with Gasteiger partial charge in [-0.3, -0.25) is 9.89 Å². The predicted molar refractivity (Wildman–Crippen MR) is 136 cm³/mol. The third-order valence-corrected chi connectivity index (χ3v) is 6.21. The summed E-state index contributed by atoms with van der Waals surface area (Å²) in [5, 5.41) is 8.71. The van der Waals surface area contributed by atoms with E-state index in [4.69, 9.17) is 38.3 Å². The number of furan rings is 1. The molecule has 0 saturated heterocycles. The summed E-state index contributed by atoms with van der Waals surface area (Å²) in [4.78, 5) is 17.4. The summed E-state index contributed by atoms with van der Waals surface area (Å²) >= 11 is 12.9. The second-order valence-electron chi connectivity index (χ2n) is 8.26. The largest absolute Gasteiger partial charge is 0.432 e. The lowest BCUT2D eigenvalue weighted by Crippen LogP contribution is -2.08. The quantitative estimate of drug-likeness (QED) is 0.252. The maximum Gasteiger partial charge on any atom is 0.229 e. The van der Waals surface area contributed by atoms with E-state index in [-0.39, 0.29) is 28.9 Å². The van der Waals surface area contributed by atoms with Gasteiger partial charge in [-0.25, -0.2) is 4.98 Å². The van der Waals surface area contributed by atoms with Gasteiger partial charge in [0.2, 0.25) is 11.5 Å². The molecule has 0 spiro atoms. The standard InChI is InChI=1S/C26H20Cl2N4O2/c1-13(2)24(33)25-22(29)19-12-18(14-3-6-16(27)7-4-14)23(31-26(19)34-25)17-8-5-15(11-20(17)28)21-9-10-30-32-21/h3-13H,29H2,1-2H3,(H,30,32). The van der Waals surface area contributed by atoms with Crippen molar-refractivity contribution < 1.29 is 9.21 Å². The minimum absolute atomic E-state index is 0.122. The first-order chi connectivity index (χ1) is 16.3. The minimum Gasteiger partial charge on any atom is -0.432 e. The molecule has 170 valence electrons. The summed E-state index contributed by atoms with van der Waals surface area (Å²) in [5.74, 6) is -0.315. The number of benzene rings is 2. The molecule has 6 nitrogen and oxygen atoms in total. The molecule has 0 aliphatic heterocycles. The zero-order chi connectivity index (χ0) is 24.0. The van der Waals surface area contributed by atoms with Gasteiger partial charge in [-0.1, -0.05) is 61.3 Å². The van der Waals surface area contributed by atoms with Crippen LogP contribution < -0.4 is 5.73 Å². The fraction of sp³-hybridized carbons (Fsp3) is 0.115. The van der Waals surface area contributed by atoms with E-state index < -0.39 is 0 Å². The molecule has 8 heteroatoms. The number of Topliss-reactive ketones (excluding diaryl/α,β-unsaturated/α-hetero) is 1. The number of halogens is 2. The minimum atomic E-state index is -0.262. The first-order valence-corrected chi connectivity index (χ1v) is 11.4. The van der Waals surface area contributed by atoms with Gasteiger partial charge in [-0.15, -0.1) is 0 Å². The van der Waals surface area contributed by atoms with Crippen LogP contribution in [0.15, 0.2) is 65.2 Å². The molecule has 5 rings (SSSR count). The van der Waals surface area contributed by atoms with Crippen LogP contribution in [0.5, 0.6) is 0 Å². The average molecular weight is 491 g/mol. The molecule has 0 unspecified atom stereocenters. The Morgan fingerprint density at radius 1 is 1.00 bits per heavy atom. The topological polar surface area (TPSA) is 97.8 Å². The van der Waals surface area contributed by atoms with E-state index in [0.717, 1.165) is 22.4 Å². The van der Waals surface area contributed by atoms with Crippen molar-refractivity contribution in [3.05, 3.63) is 76.6 Å². The fourth-order valence-corrected chi connectivity index (χ4v) is 4.22. The second kappa shape index (κ2) is 8.63. The number of hydrogen-bond acceptors (Lipinski definition) is 5. The third-order valence-electron chi connectivity index (χ3n) is 5.65. The maximum atomic E-state index is 12.6. The molecule has 0 amide bonds. The number of carbonyl (C=O) groups excluding carboxylic acids is 1. The second-order valence-corrected chi connectivity index (χ2v) is 9.11. The van der Waals surface area contributed by atoms with Crippen LogP contribution in [0.4, 0.5) is 5.69 Å². The van der Waals surface area contributed by atoms with Crippen molar-refractivity contribution in [1.82, 2.24) is 15.2 Å². The lowest BCUT2D eigenvalue weighted by atomic mass is 9.97. The number of aromatic nitrogens is 3. The zero-order valence-corrected chi connectivity index (χ0v) is 19.9. The predicted octanol–water partition coefficient (Wildman–Crippen LogP) is 7.28. The third kappa shape index (κ3) is 3.85. The lowest BCUT2D eigenvalue weighted by Gasteiger charge is -2.12. The van der Waals surface area contributed by atoms with Gasteiger partial charge >= 0.3 is 0 Å². The smallest absolute Gasteiger partial charge is 0.229 e. The van der Waals surface area contributed by atoms with Gasteiger partial charge in [0.05, 0.1) is 27.5 Å². The van der Waals surface area contributed by atoms with E-state index in [1.54, 1.807) is 32.2 Å². The molecule has 3 aromatic heterocycles. The van der Waals surface area contributed by atoms with Crippen LogP contribution in [0.2, 0.25) is 10.0 Å². The molecule has 0 atom stereocenters. The molecule has 0 fully saturated rings. The van der Waals surface area contributed by atoms with Crippen LogP contribution in [0.1, 0.15) is 24.4 Å². The Labute approximate surface area is 205 Å². The number of nitrogen functional groups attached to an aromatic ring is 1. The van der Waals surface area contributed by atoms with E-state index in [2.05, 4.69) is 10.2 Å².